The number of nitrogens with zero attached hydrogens (tertiary/aromatic N) is 4. The fourth-order valence-corrected chi connectivity index (χ4v) is 3.14. The lowest BCUT2D eigenvalue weighted by molar-refractivity contribution is 0.0905. The molecule has 0 aliphatic carbocycles. The first kappa shape index (κ1) is 21.7. The van der Waals surface area contributed by atoms with Crippen molar-refractivity contribution in [1.29, 1.82) is 0 Å². The van der Waals surface area contributed by atoms with Crippen molar-refractivity contribution in [1.82, 2.24) is 25.3 Å². The zero-order valence-corrected chi connectivity index (χ0v) is 18.2. The summed E-state index contributed by atoms with van der Waals surface area (Å²) >= 11 is 0. The Morgan fingerprint density at radius 2 is 2.03 bits per heavy atom. The Labute approximate surface area is 176 Å². The number of aryl methyl sites for hydroxylation is 2. The molecule has 0 spiro atoms. The fraction of sp³-hybridized carbons (Fsp3) is 0.455. The summed E-state index contributed by atoms with van der Waals surface area (Å²) in [5.41, 5.74) is 3.03. The average molecular weight is 412 g/mol. The van der Waals surface area contributed by atoms with Crippen LogP contribution in [0.15, 0.2) is 34.7 Å². The van der Waals surface area contributed by atoms with E-state index in [1.807, 2.05) is 35.9 Å². The first-order chi connectivity index (χ1) is 14.4. The first-order valence-corrected chi connectivity index (χ1v) is 10.2. The molecule has 8 nitrogen and oxygen atoms in total. The molecular weight excluding hydrogens is 382 g/mol. The smallest absolute Gasteiger partial charge is 0.268 e. The number of benzene rings is 1. The van der Waals surface area contributed by atoms with Crippen LogP contribution in [0, 0.1) is 12.8 Å². The SMILES string of the molecule is COCC(C)NC(=O)c1cccc(-n2nc(-c3nnc(C)o3)cc2CCC(C)C)c1. The van der Waals surface area contributed by atoms with Gasteiger partial charge in [-0.15, -0.1) is 10.2 Å². The molecule has 30 heavy (non-hydrogen) atoms. The first-order valence-electron chi connectivity index (χ1n) is 10.2. The van der Waals surface area contributed by atoms with Crippen LogP contribution in [-0.4, -0.2) is 45.6 Å². The number of carbonyl (C=O) groups excluding carboxylic acids is 1. The number of rotatable bonds is 9. The van der Waals surface area contributed by atoms with Gasteiger partial charge in [-0.3, -0.25) is 4.79 Å². The molecule has 1 aromatic carbocycles. The molecule has 160 valence electrons. The van der Waals surface area contributed by atoms with Crippen molar-refractivity contribution in [3.63, 3.8) is 0 Å². The van der Waals surface area contributed by atoms with E-state index >= 15 is 0 Å². The van der Waals surface area contributed by atoms with E-state index in [4.69, 9.17) is 14.3 Å². The summed E-state index contributed by atoms with van der Waals surface area (Å²) in [5.74, 6) is 1.29. The van der Waals surface area contributed by atoms with Crippen LogP contribution < -0.4 is 5.32 Å². The van der Waals surface area contributed by atoms with Crippen LogP contribution in [0.25, 0.3) is 17.3 Å². The highest BCUT2D eigenvalue weighted by Gasteiger charge is 2.17. The third kappa shape index (κ3) is 5.33. The number of ether oxygens (including phenoxy) is 1. The summed E-state index contributed by atoms with van der Waals surface area (Å²) in [7, 11) is 1.61. The van der Waals surface area contributed by atoms with E-state index in [0.29, 0.717) is 35.6 Å². The third-order valence-corrected chi connectivity index (χ3v) is 4.65. The van der Waals surface area contributed by atoms with Gasteiger partial charge in [-0.05, 0) is 49.9 Å². The molecule has 0 radical (unpaired) electrons. The summed E-state index contributed by atoms with van der Waals surface area (Å²) in [6.07, 6.45) is 1.86. The van der Waals surface area contributed by atoms with E-state index in [1.54, 1.807) is 20.1 Å². The lowest BCUT2D eigenvalue weighted by atomic mass is 10.1. The maximum absolute atomic E-state index is 12.6. The number of hydrogen-bond donors (Lipinski definition) is 1. The predicted molar refractivity (Wildman–Crippen MR) is 114 cm³/mol. The summed E-state index contributed by atoms with van der Waals surface area (Å²) in [5, 5.41) is 15.6. The Hall–Kier alpha value is -3.00. The lowest BCUT2D eigenvalue weighted by Gasteiger charge is -2.14. The molecule has 0 aliphatic heterocycles. The van der Waals surface area contributed by atoms with Gasteiger partial charge in [0.2, 0.25) is 5.89 Å². The van der Waals surface area contributed by atoms with Crippen LogP contribution in [0.2, 0.25) is 0 Å². The van der Waals surface area contributed by atoms with E-state index in [2.05, 4.69) is 29.4 Å². The van der Waals surface area contributed by atoms with Crippen molar-refractivity contribution in [2.75, 3.05) is 13.7 Å². The highest BCUT2D eigenvalue weighted by atomic mass is 16.5. The van der Waals surface area contributed by atoms with E-state index in [9.17, 15) is 4.79 Å². The fourth-order valence-electron chi connectivity index (χ4n) is 3.14. The summed E-state index contributed by atoms with van der Waals surface area (Å²) in [6.45, 7) is 8.49. The van der Waals surface area contributed by atoms with Crippen LogP contribution in [0.4, 0.5) is 0 Å². The molecule has 1 N–H and O–H groups in total. The van der Waals surface area contributed by atoms with E-state index in [-0.39, 0.29) is 11.9 Å². The minimum Gasteiger partial charge on any atom is -0.420 e. The van der Waals surface area contributed by atoms with Crippen LogP contribution in [0.3, 0.4) is 0 Å². The largest absolute Gasteiger partial charge is 0.420 e. The average Bonchev–Trinajstić information content (AvgIpc) is 3.33. The molecule has 3 rings (SSSR count). The normalized spacial score (nSPS) is 12.3. The molecule has 1 atom stereocenters. The topological polar surface area (TPSA) is 95.1 Å². The molecule has 0 saturated carbocycles. The Morgan fingerprint density at radius 1 is 1.23 bits per heavy atom. The standard InChI is InChI=1S/C22H29N5O3/c1-14(2)9-10-19-12-20(22-25-24-16(4)30-22)26-27(19)18-8-6-7-17(11-18)21(28)23-15(3)13-29-5/h6-8,11-12,14-15H,9-10,13H2,1-5H3,(H,23,28). The number of carbonyl (C=O) groups is 1. The van der Waals surface area contributed by atoms with Gasteiger partial charge in [-0.2, -0.15) is 5.10 Å². The van der Waals surface area contributed by atoms with Gasteiger partial charge in [-0.25, -0.2) is 4.68 Å². The maximum Gasteiger partial charge on any atom is 0.268 e. The quantitative estimate of drug-likeness (QED) is 0.578. The molecule has 0 fully saturated rings. The molecule has 0 saturated heterocycles. The summed E-state index contributed by atoms with van der Waals surface area (Å²) < 4.78 is 12.5. The zero-order chi connectivity index (χ0) is 21.7. The van der Waals surface area contributed by atoms with Gasteiger partial charge in [-0.1, -0.05) is 19.9 Å². The van der Waals surface area contributed by atoms with Crippen molar-refractivity contribution in [2.45, 2.75) is 46.6 Å². The van der Waals surface area contributed by atoms with Crippen molar-refractivity contribution in [3.05, 3.63) is 47.5 Å². The third-order valence-electron chi connectivity index (χ3n) is 4.65. The zero-order valence-electron chi connectivity index (χ0n) is 18.2. The summed E-state index contributed by atoms with van der Waals surface area (Å²) in [6, 6.07) is 9.31. The van der Waals surface area contributed by atoms with Gasteiger partial charge >= 0.3 is 0 Å². The van der Waals surface area contributed by atoms with E-state index < -0.39 is 0 Å². The van der Waals surface area contributed by atoms with Gasteiger partial charge in [0.15, 0.2) is 0 Å². The van der Waals surface area contributed by atoms with Crippen molar-refractivity contribution >= 4 is 5.91 Å². The van der Waals surface area contributed by atoms with Crippen LogP contribution >= 0.6 is 0 Å². The molecule has 1 amide bonds. The maximum atomic E-state index is 12.6. The molecular formula is C22H29N5O3. The highest BCUT2D eigenvalue weighted by molar-refractivity contribution is 5.94. The van der Waals surface area contributed by atoms with Crippen molar-refractivity contribution < 1.29 is 13.9 Å². The second-order valence-electron chi connectivity index (χ2n) is 7.87. The van der Waals surface area contributed by atoms with Crippen molar-refractivity contribution in [3.8, 4) is 17.3 Å². The van der Waals surface area contributed by atoms with Gasteiger partial charge in [0.05, 0.1) is 12.3 Å². The number of amides is 1. The Morgan fingerprint density at radius 3 is 2.70 bits per heavy atom. The number of aromatic nitrogens is 4. The van der Waals surface area contributed by atoms with Gasteiger partial charge in [0.25, 0.3) is 11.8 Å². The second-order valence-corrected chi connectivity index (χ2v) is 7.87. The molecule has 1 unspecified atom stereocenters. The minimum absolute atomic E-state index is 0.0789. The number of methoxy groups -OCH3 is 1. The Balaban J connectivity index is 1.93. The van der Waals surface area contributed by atoms with Crippen LogP contribution in [-0.2, 0) is 11.2 Å². The molecule has 0 bridgehead atoms. The number of nitrogens with one attached hydrogen (secondary N) is 1. The molecule has 8 heteroatoms. The van der Waals surface area contributed by atoms with E-state index in [1.165, 1.54) is 0 Å². The molecule has 0 aliphatic rings. The van der Waals surface area contributed by atoms with Crippen molar-refractivity contribution in [2.24, 2.45) is 5.92 Å². The second kappa shape index (κ2) is 9.67. The predicted octanol–water partition coefficient (Wildman–Crippen LogP) is 3.58. The lowest BCUT2D eigenvalue weighted by Crippen LogP contribution is -2.35. The molecule has 3 aromatic rings. The number of hydrogen-bond acceptors (Lipinski definition) is 6. The molecule has 2 heterocycles. The van der Waals surface area contributed by atoms with Gasteiger partial charge in [0.1, 0.15) is 5.69 Å². The van der Waals surface area contributed by atoms with Crippen LogP contribution in [0.1, 0.15) is 49.1 Å². The van der Waals surface area contributed by atoms with E-state index in [0.717, 1.165) is 24.2 Å². The van der Waals surface area contributed by atoms with Crippen LogP contribution in [0.5, 0.6) is 0 Å². The van der Waals surface area contributed by atoms with Gasteiger partial charge in [0, 0.05) is 31.3 Å². The summed E-state index contributed by atoms with van der Waals surface area (Å²) in [4.78, 5) is 12.6. The minimum atomic E-state index is -0.148. The Kier molecular flexibility index (Phi) is 6.99. The highest BCUT2D eigenvalue weighted by Crippen LogP contribution is 2.23. The Bertz CT molecular complexity index is 992. The molecule has 2 aromatic heterocycles. The monoisotopic (exact) mass is 411 g/mol. The van der Waals surface area contributed by atoms with Gasteiger partial charge < -0.3 is 14.5 Å².